The van der Waals surface area contributed by atoms with Crippen LogP contribution in [0.5, 0.6) is 0 Å². The highest BCUT2D eigenvalue weighted by molar-refractivity contribution is 6.60. The molecule has 1 atom stereocenters. The monoisotopic (exact) mass is 220 g/mol. The van der Waals surface area contributed by atoms with Crippen LogP contribution in [0.25, 0.3) is 0 Å². The summed E-state index contributed by atoms with van der Waals surface area (Å²) in [5.41, 5.74) is 0. The van der Waals surface area contributed by atoms with Gasteiger partial charge in [-0.25, -0.2) is 0 Å². The van der Waals surface area contributed by atoms with E-state index in [4.69, 9.17) is 18.0 Å². The first-order valence-electron chi connectivity index (χ1n) is 5.12. The Hall–Kier alpha value is 0.0569. The fourth-order valence-corrected chi connectivity index (χ4v) is 3.37. The molecule has 0 aromatic carbocycles. The van der Waals surface area contributed by atoms with Crippen LogP contribution >= 0.6 is 0 Å². The van der Waals surface area contributed by atoms with Crippen molar-refractivity contribution < 1.29 is 18.0 Å². The molecule has 1 aliphatic heterocycles. The van der Waals surface area contributed by atoms with Gasteiger partial charge < -0.3 is 18.0 Å². The molecule has 1 unspecified atom stereocenters. The highest BCUT2D eigenvalue weighted by atomic mass is 28.4. The van der Waals surface area contributed by atoms with Crippen molar-refractivity contribution in [2.75, 3.05) is 27.4 Å². The van der Waals surface area contributed by atoms with Gasteiger partial charge in [0.05, 0.1) is 12.7 Å². The van der Waals surface area contributed by atoms with Crippen LogP contribution in [0.2, 0.25) is 6.04 Å². The Morgan fingerprint density at radius 3 is 2.43 bits per heavy atom. The number of epoxide rings is 1. The summed E-state index contributed by atoms with van der Waals surface area (Å²) >= 11 is 0. The summed E-state index contributed by atoms with van der Waals surface area (Å²) in [4.78, 5) is 0. The van der Waals surface area contributed by atoms with Crippen molar-refractivity contribution in [3.8, 4) is 0 Å². The lowest BCUT2D eigenvalue weighted by Gasteiger charge is -2.25. The quantitative estimate of drug-likeness (QED) is 0.352. The molecule has 1 heterocycles. The van der Waals surface area contributed by atoms with E-state index in [0.717, 1.165) is 32.1 Å². The molecule has 0 radical (unpaired) electrons. The van der Waals surface area contributed by atoms with Crippen LogP contribution in [-0.2, 0) is 18.0 Å². The lowest BCUT2D eigenvalue weighted by atomic mass is 10.4. The summed E-state index contributed by atoms with van der Waals surface area (Å²) in [5.74, 6) is 0. The summed E-state index contributed by atoms with van der Waals surface area (Å²) in [6, 6.07) is 0.781. The largest absolute Gasteiger partial charge is 0.503 e. The van der Waals surface area contributed by atoms with Gasteiger partial charge in [0.15, 0.2) is 0 Å². The van der Waals surface area contributed by atoms with Crippen LogP contribution in [0.15, 0.2) is 0 Å². The lowest BCUT2D eigenvalue weighted by molar-refractivity contribution is 0.0945. The fourth-order valence-electron chi connectivity index (χ4n) is 1.26. The van der Waals surface area contributed by atoms with Crippen molar-refractivity contribution in [2.45, 2.75) is 31.9 Å². The zero-order valence-corrected chi connectivity index (χ0v) is 10.2. The van der Waals surface area contributed by atoms with Crippen molar-refractivity contribution >= 4 is 8.80 Å². The van der Waals surface area contributed by atoms with E-state index in [1.54, 1.807) is 14.2 Å². The van der Waals surface area contributed by atoms with Gasteiger partial charge in [0.25, 0.3) is 0 Å². The average molecular weight is 220 g/mol. The third-order valence-corrected chi connectivity index (χ3v) is 5.17. The van der Waals surface area contributed by atoms with Gasteiger partial charge in [-0.05, 0) is 6.42 Å². The normalized spacial score (nSPS) is 21.2. The minimum absolute atomic E-state index is 0.295. The minimum atomic E-state index is -2.41. The summed E-state index contributed by atoms with van der Waals surface area (Å²) in [6.07, 6.45) is 2.47. The van der Waals surface area contributed by atoms with Gasteiger partial charge in [-0.3, -0.25) is 0 Å². The number of ether oxygens (including phenoxy) is 1. The van der Waals surface area contributed by atoms with E-state index in [1.165, 1.54) is 0 Å². The molecule has 4 nitrogen and oxygen atoms in total. The second kappa shape index (κ2) is 5.82. The molecule has 0 aromatic heterocycles. The first kappa shape index (κ1) is 12.1. The van der Waals surface area contributed by atoms with Gasteiger partial charge in [0.2, 0.25) is 0 Å². The Bertz CT molecular complexity index is 157. The van der Waals surface area contributed by atoms with Crippen molar-refractivity contribution in [2.24, 2.45) is 0 Å². The van der Waals surface area contributed by atoms with Crippen molar-refractivity contribution in [3.05, 3.63) is 0 Å². The van der Waals surface area contributed by atoms with Crippen molar-refractivity contribution in [3.63, 3.8) is 0 Å². The smallest absolute Gasteiger partial charge is 0.377 e. The van der Waals surface area contributed by atoms with Gasteiger partial charge in [-0.1, -0.05) is 13.3 Å². The molecule has 0 amide bonds. The fraction of sp³-hybridized carbons (Fsp3) is 1.00. The highest BCUT2D eigenvalue weighted by Gasteiger charge is 2.45. The molecule has 0 aliphatic carbocycles. The molecule has 1 aliphatic rings. The van der Waals surface area contributed by atoms with Gasteiger partial charge in [-0.15, -0.1) is 0 Å². The summed E-state index contributed by atoms with van der Waals surface area (Å²) in [7, 11) is 0.907. The first-order chi connectivity index (χ1) is 6.76. The molecule has 0 spiro atoms. The van der Waals surface area contributed by atoms with E-state index >= 15 is 0 Å². The first-order valence-corrected chi connectivity index (χ1v) is 7.05. The van der Waals surface area contributed by atoms with E-state index in [2.05, 4.69) is 6.92 Å². The molecule has 0 bridgehead atoms. The minimum Gasteiger partial charge on any atom is -0.377 e. The highest BCUT2D eigenvalue weighted by Crippen LogP contribution is 2.25. The van der Waals surface area contributed by atoms with Gasteiger partial charge in [0.1, 0.15) is 0 Å². The zero-order chi connectivity index (χ0) is 10.4. The van der Waals surface area contributed by atoms with Crippen LogP contribution in [0, 0.1) is 0 Å². The number of hydrogen-bond acceptors (Lipinski definition) is 4. The maximum absolute atomic E-state index is 5.73. The van der Waals surface area contributed by atoms with E-state index < -0.39 is 8.80 Å². The molecule has 0 saturated carbocycles. The zero-order valence-electron chi connectivity index (χ0n) is 9.25. The Labute approximate surface area is 86.9 Å². The maximum atomic E-state index is 5.73. The second-order valence-corrected chi connectivity index (χ2v) is 6.33. The molecular formula is C9H20O4Si. The summed E-state index contributed by atoms with van der Waals surface area (Å²) < 4.78 is 21.7. The topological polar surface area (TPSA) is 40.2 Å². The maximum Gasteiger partial charge on any atom is 0.503 e. The predicted molar refractivity (Wildman–Crippen MR) is 55.2 cm³/mol. The molecule has 1 rings (SSSR count). The van der Waals surface area contributed by atoms with E-state index in [-0.39, 0.29) is 0 Å². The van der Waals surface area contributed by atoms with Crippen LogP contribution in [0.4, 0.5) is 0 Å². The SMILES string of the molecule is CCCCO[Si](CC1CO1)(OC)OC. The lowest BCUT2D eigenvalue weighted by Crippen LogP contribution is -2.45. The van der Waals surface area contributed by atoms with Gasteiger partial charge in [-0.2, -0.15) is 0 Å². The van der Waals surface area contributed by atoms with Crippen LogP contribution in [0.3, 0.4) is 0 Å². The molecule has 0 N–H and O–H groups in total. The molecule has 1 fully saturated rings. The van der Waals surface area contributed by atoms with Crippen molar-refractivity contribution in [1.29, 1.82) is 0 Å². The van der Waals surface area contributed by atoms with Gasteiger partial charge in [0, 0.05) is 26.9 Å². The van der Waals surface area contributed by atoms with Gasteiger partial charge >= 0.3 is 8.80 Å². The number of rotatable bonds is 8. The standard InChI is InChI=1S/C9H20O4Si/c1-4-5-6-13-14(10-2,11-3)8-9-7-12-9/h9H,4-8H2,1-3H3. The molecule has 0 aromatic rings. The van der Waals surface area contributed by atoms with Crippen LogP contribution in [-0.4, -0.2) is 42.3 Å². The van der Waals surface area contributed by atoms with E-state index in [9.17, 15) is 0 Å². The molecule has 84 valence electrons. The Kier molecular flexibility index (Phi) is 5.04. The Morgan fingerprint density at radius 1 is 1.36 bits per heavy atom. The Morgan fingerprint density at radius 2 is 2.00 bits per heavy atom. The number of unbranched alkanes of at least 4 members (excludes halogenated alkanes) is 1. The van der Waals surface area contributed by atoms with Crippen LogP contribution in [0.1, 0.15) is 19.8 Å². The molecular weight excluding hydrogens is 200 g/mol. The van der Waals surface area contributed by atoms with E-state index in [1.807, 2.05) is 0 Å². The molecule has 14 heavy (non-hydrogen) atoms. The summed E-state index contributed by atoms with van der Waals surface area (Å²) in [5, 5.41) is 0. The van der Waals surface area contributed by atoms with Crippen LogP contribution < -0.4 is 0 Å². The number of hydrogen-bond donors (Lipinski definition) is 0. The third kappa shape index (κ3) is 3.66. The molecule has 1 saturated heterocycles. The van der Waals surface area contributed by atoms with E-state index in [0.29, 0.717) is 6.10 Å². The predicted octanol–water partition coefficient (Wildman–Crippen LogP) is 1.43. The van der Waals surface area contributed by atoms with Crippen molar-refractivity contribution in [1.82, 2.24) is 0 Å². The average Bonchev–Trinajstić information content (AvgIpc) is 3.00. The second-order valence-electron chi connectivity index (χ2n) is 3.45. The third-order valence-electron chi connectivity index (χ3n) is 2.32. The Balaban J connectivity index is 2.32. The molecule has 5 heteroatoms. The summed E-state index contributed by atoms with van der Waals surface area (Å²) in [6.45, 7) is 3.67.